The molecule has 3 aromatic carbocycles. The SMILES string of the molecule is COc1ccc(C(C)=O)cc1CSc1nc2cc3ccccc3cc2c(=O)n1C. The zero-order chi connectivity index (χ0) is 20.5. The second-order valence-electron chi connectivity index (χ2n) is 6.85. The molecule has 1 heterocycles. The fraction of sp³-hybridized carbons (Fsp3) is 0.174. The Balaban J connectivity index is 1.74. The van der Waals surface area contributed by atoms with Gasteiger partial charge in [-0.3, -0.25) is 14.2 Å². The van der Waals surface area contributed by atoms with E-state index in [4.69, 9.17) is 9.72 Å². The van der Waals surface area contributed by atoms with Crippen LogP contribution in [0.3, 0.4) is 0 Å². The summed E-state index contributed by atoms with van der Waals surface area (Å²) in [5, 5.41) is 3.29. The molecule has 0 radical (unpaired) electrons. The van der Waals surface area contributed by atoms with Crippen LogP contribution in [-0.2, 0) is 12.8 Å². The summed E-state index contributed by atoms with van der Waals surface area (Å²) in [6.45, 7) is 1.54. The number of fused-ring (bicyclic) bond motifs is 2. The van der Waals surface area contributed by atoms with Gasteiger partial charge in [-0.15, -0.1) is 0 Å². The standard InChI is InChI=1S/C23H20N2O3S/c1-14(26)15-8-9-21(28-3)18(10-15)13-29-23-24-20-12-17-7-5-4-6-16(17)11-19(20)22(27)25(23)2/h4-12H,13H2,1-3H3. The minimum Gasteiger partial charge on any atom is -0.496 e. The largest absolute Gasteiger partial charge is 0.496 e. The maximum Gasteiger partial charge on any atom is 0.261 e. The second-order valence-corrected chi connectivity index (χ2v) is 7.79. The number of Topliss-reactive ketones (excluding diaryl/α,β-unsaturated/α-hetero) is 1. The van der Waals surface area contributed by atoms with Gasteiger partial charge in [-0.05, 0) is 48.0 Å². The van der Waals surface area contributed by atoms with Gasteiger partial charge in [-0.1, -0.05) is 36.0 Å². The maximum absolute atomic E-state index is 12.9. The van der Waals surface area contributed by atoms with Crippen LogP contribution in [-0.4, -0.2) is 22.4 Å². The number of nitrogens with zero attached hydrogens (tertiary/aromatic N) is 2. The molecule has 146 valence electrons. The molecule has 0 atom stereocenters. The number of rotatable bonds is 5. The zero-order valence-electron chi connectivity index (χ0n) is 16.4. The van der Waals surface area contributed by atoms with Crippen molar-refractivity contribution < 1.29 is 9.53 Å². The first-order chi connectivity index (χ1) is 14.0. The zero-order valence-corrected chi connectivity index (χ0v) is 17.2. The molecule has 0 spiro atoms. The summed E-state index contributed by atoms with van der Waals surface area (Å²) in [5.74, 6) is 1.24. The van der Waals surface area contributed by atoms with E-state index in [1.54, 1.807) is 30.9 Å². The number of thioether (sulfide) groups is 1. The van der Waals surface area contributed by atoms with Crippen molar-refractivity contribution in [2.24, 2.45) is 7.05 Å². The van der Waals surface area contributed by atoms with E-state index in [9.17, 15) is 9.59 Å². The number of methoxy groups -OCH3 is 1. The molecular weight excluding hydrogens is 384 g/mol. The molecule has 0 saturated carbocycles. The molecule has 0 saturated heterocycles. The molecule has 1 aromatic heterocycles. The Bertz CT molecular complexity index is 1310. The average Bonchev–Trinajstić information content (AvgIpc) is 2.74. The first-order valence-corrected chi connectivity index (χ1v) is 10.2. The molecule has 0 amide bonds. The number of hydrogen-bond acceptors (Lipinski definition) is 5. The summed E-state index contributed by atoms with van der Waals surface area (Å²) >= 11 is 1.45. The van der Waals surface area contributed by atoms with Gasteiger partial charge in [0.25, 0.3) is 5.56 Å². The summed E-state index contributed by atoms with van der Waals surface area (Å²) in [7, 11) is 3.33. The third-order valence-electron chi connectivity index (χ3n) is 4.95. The second kappa shape index (κ2) is 7.72. The van der Waals surface area contributed by atoms with Crippen LogP contribution >= 0.6 is 11.8 Å². The molecule has 0 N–H and O–H groups in total. The van der Waals surface area contributed by atoms with Gasteiger partial charge >= 0.3 is 0 Å². The highest BCUT2D eigenvalue weighted by molar-refractivity contribution is 7.98. The highest BCUT2D eigenvalue weighted by atomic mass is 32.2. The van der Waals surface area contributed by atoms with Crippen LogP contribution in [0.5, 0.6) is 5.75 Å². The van der Waals surface area contributed by atoms with Crippen molar-refractivity contribution in [1.29, 1.82) is 0 Å². The summed E-state index contributed by atoms with van der Waals surface area (Å²) in [4.78, 5) is 29.4. The van der Waals surface area contributed by atoms with E-state index in [2.05, 4.69) is 0 Å². The normalized spacial score (nSPS) is 11.1. The Labute approximate surface area is 172 Å². The molecule has 5 nitrogen and oxygen atoms in total. The van der Waals surface area contributed by atoms with E-state index in [1.165, 1.54) is 18.7 Å². The van der Waals surface area contributed by atoms with Crippen molar-refractivity contribution in [1.82, 2.24) is 9.55 Å². The lowest BCUT2D eigenvalue weighted by Crippen LogP contribution is -2.20. The Morgan fingerprint density at radius 3 is 2.52 bits per heavy atom. The number of hydrogen-bond donors (Lipinski definition) is 0. The van der Waals surface area contributed by atoms with E-state index in [0.717, 1.165) is 16.3 Å². The monoisotopic (exact) mass is 404 g/mol. The summed E-state index contributed by atoms with van der Waals surface area (Å²) in [6, 6.07) is 17.2. The highest BCUT2D eigenvalue weighted by Crippen LogP contribution is 2.29. The number of aromatic nitrogens is 2. The van der Waals surface area contributed by atoms with Crippen LogP contribution in [0, 0.1) is 0 Å². The fourth-order valence-electron chi connectivity index (χ4n) is 3.32. The van der Waals surface area contributed by atoms with Crippen LogP contribution in [0.1, 0.15) is 22.8 Å². The molecule has 29 heavy (non-hydrogen) atoms. The van der Waals surface area contributed by atoms with E-state index in [0.29, 0.717) is 33.1 Å². The Morgan fingerprint density at radius 1 is 1.10 bits per heavy atom. The van der Waals surface area contributed by atoms with Gasteiger partial charge in [-0.25, -0.2) is 4.98 Å². The number of ketones is 1. The van der Waals surface area contributed by atoms with Crippen molar-refractivity contribution in [2.45, 2.75) is 17.8 Å². The van der Waals surface area contributed by atoms with Gasteiger partial charge in [0.15, 0.2) is 10.9 Å². The smallest absolute Gasteiger partial charge is 0.261 e. The van der Waals surface area contributed by atoms with E-state index >= 15 is 0 Å². The number of ether oxygens (including phenoxy) is 1. The lowest BCUT2D eigenvalue weighted by atomic mass is 10.1. The fourth-order valence-corrected chi connectivity index (χ4v) is 4.27. The Morgan fingerprint density at radius 2 is 1.83 bits per heavy atom. The number of benzene rings is 3. The molecule has 4 rings (SSSR count). The third kappa shape index (κ3) is 3.63. The Kier molecular flexibility index (Phi) is 5.11. The van der Waals surface area contributed by atoms with Crippen LogP contribution in [0.15, 0.2) is 64.5 Å². The quantitative estimate of drug-likeness (QED) is 0.211. The minimum atomic E-state index is -0.0762. The van der Waals surface area contributed by atoms with Crippen molar-refractivity contribution >= 4 is 39.2 Å². The van der Waals surface area contributed by atoms with Crippen molar-refractivity contribution in [3.05, 3.63) is 76.1 Å². The van der Waals surface area contributed by atoms with Crippen LogP contribution in [0.25, 0.3) is 21.7 Å². The predicted molar refractivity (Wildman–Crippen MR) is 117 cm³/mol. The molecular formula is C23H20N2O3S. The van der Waals surface area contributed by atoms with Crippen molar-refractivity contribution in [2.75, 3.05) is 7.11 Å². The highest BCUT2D eigenvalue weighted by Gasteiger charge is 2.13. The molecule has 0 aliphatic heterocycles. The summed E-state index contributed by atoms with van der Waals surface area (Å²) < 4.78 is 7.00. The van der Waals surface area contributed by atoms with Crippen molar-refractivity contribution in [3.63, 3.8) is 0 Å². The number of carbonyl (C=O) groups is 1. The predicted octanol–water partition coefficient (Wildman–Crippen LogP) is 4.59. The average molecular weight is 404 g/mol. The lowest BCUT2D eigenvalue weighted by molar-refractivity contribution is 0.101. The van der Waals surface area contributed by atoms with Crippen LogP contribution in [0.4, 0.5) is 0 Å². The van der Waals surface area contributed by atoms with Gasteiger partial charge in [0.1, 0.15) is 5.75 Å². The van der Waals surface area contributed by atoms with Crippen LogP contribution in [0.2, 0.25) is 0 Å². The molecule has 4 aromatic rings. The first-order valence-electron chi connectivity index (χ1n) is 9.18. The first kappa shape index (κ1) is 19.2. The molecule has 0 aliphatic rings. The molecule has 0 aliphatic carbocycles. The van der Waals surface area contributed by atoms with E-state index in [1.807, 2.05) is 42.5 Å². The van der Waals surface area contributed by atoms with Gasteiger partial charge in [0, 0.05) is 23.9 Å². The lowest BCUT2D eigenvalue weighted by Gasteiger charge is -2.12. The Hall–Kier alpha value is -3.12. The van der Waals surface area contributed by atoms with Gasteiger partial charge in [0.2, 0.25) is 0 Å². The third-order valence-corrected chi connectivity index (χ3v) is 6.02. The van der Waals surface area contributed by atoms with Gasteiger partial charge < -0.3 is 4.74 Å². The maximum atomic E-state index is 12.9. The van der Waals surface area contributed by atoms with Crippen LogP contribution < -0.4 is 10.3 Å². The molecule has 0 unspecified atom stereocenters. The molecule has 0 bridgehead atoms. The molecule has 6 heteroatoms. The van der Waals surface area contributed by atoms with E-state index < -0.39 is 0 Å². The van der Waals surface area contributed by atoms with Gasteiger partial charge in [0.05, 0.1) is 18.0 Å². The summed E-state index contributed by atoms with van der Waals surface area (Å²) in [5.41, 5.74) is 2.12. The van der Waals surface area contributed by atoms with E-state index in [-0.39, 0.29) is 11.3 Å². The summed E-state index contributed by atoms with van der Waals surface area (Å²) in [6.07, 6.45) is 0. The van der Waals surface area contributed by atoms with Gasteiger partial charge in [-0.2, -0.15) is 0 Å². The van der Waals surface area contributed by atoms with Crippen molar-refractivity contribution in [3.8, 4) is 5.75 Å². The number of carbonyl (C=O) groups excluding carboxylic acids is 1. The topological polar surface area (TPSA) is 61.2 Å². The minimum absolute atomic E-state index is 0.00186. The molecule has 0 fully saturated rings.